The molecule has 0 saturated carbocycles. The van der Waals surface area contributed by atoms with Gasteiger partial charge in [-0.3, -0.25) is 4.79 Å². The molecule has 0 bridgehead atoms. The summed E-state index contributed by atoms with van der Waals surface area (Å²) in [6.07, 6.45) is 1.10. The third-order valence-corrected chi connectivity index (χ3v) is 2.96. The van der Waals surface area contributed by atoms with Gasteiger partial charge in [0.15, 0.2) is 5.76 Å². The van der Waals surface area contributed by atoms with E-state index in [1.807, 2.05) is 6.92 Å². The van der Waals surface area contributed by atoms with Crippen molar-refractivity contribution < 1.29 is 14.4 Å². The Morgan fingerprint density at radius 3 is 2.57 bits per heavy atom. The smallest absolute Gasteiger partial charge is 0.291 e. The monoisotopic (exact) mass is 287 g/mol. The van der Waals surface area contributed by atoms with Gasteiger partial charge in [0.1, 0.15) is 11.6 Å². The van der Waals surface area contributed by atoms with E-state index in [2.05, 4.69) is 10.5 Å². The maximum atomic E-state index is 12.0. The van der Waals surface area contributed by atoms with E-state index < -0.39 is 0 Å². The Morgan fingerprint density at radius 2 is 2.00 bits per heavy atom. The van der Waals surface area contributed by atoms with Crippen molar-refractivity contribution in [2.75, 3.05) is 5.32 Å². The second-order valence-corrected chi connectivity index (χ2v) is 4.54. The predicted octanol–water partition coefficient (Wildman–Crippen LogP) is 2.38. The molecule has 1 heterocycles. The SMILES string of the molecule is CCc1ccc(C(=O)Nc2ccc(CC(N)=NO)cc2)o1. The number of carbonyl (C=O) groups excluding carboxylic acids is 1. The molecule has 1 aromatic carbocycles. The van der Waals surface area contributed by atoms with E-state index in [1.54, 1.807) is 36.4 Å². The van der Waals surface area contributed by atoms with Crippen LogP contribution in [0.5, 0.6) is 0 Å². The van der Waals surface area contributed by atoms with Crippen molar-refractivity contribution in [1.29, 1.82) is 0 Å². The number of furan rings is 1. The van der Waals surface area contributed by atoms with Crippen LogP contribution in [0.1, 0.15) is 28.8 Å². The Labute approximate surface area is 122 Å². The number of benzene rings is 1. The van der Waals surface area contributed by atoms with Gasteiger partial charge in [0, 0.05) is 18.5 Å². The lowest BCUT2D eigenvalue weighted by Gasteiger charge is -2.05. The molecule has 0 aliphatic carbocycles. The molecule has 21 heavy (non-hydrogen) atoms. The highest BCUT2D eigenvalue weighted by atomic mass is 16.4. The minimum absolute atomic E-state index is 0.134. The molecule has 6 heteroatoms. The number of nitrogens with two attached hydrogens (primary N) is 1. The maximum absolute atomic E-state index is 12.0. The Morgan fingerprint density at radius 1 is 1.29 bits per heavy atom. The number of amidine groups is 1. The summed E-state index contributed by atoms with van der Waals surface area (Å²) in [5.74, 6) is 0.898. The van der Waals surface area contributed by atoms with Crippen molar-refractivity contribution in [3.63, 3.8) is 0 Å². The first-order valence-corrected chi connectivity index (χ1v) is 6.57. The Kier molecular flexibility index (Phi) is 4.61. The molecule has 0 spiro atoms. The minimum atomic E-state index is -0.293. The number of carbonyl (C=O) groups is 1. The summed E-state index contributed by atoms with van der Waals surface area (Å²) in [5.41, 5.74) is 6.97. The Hall–Kier alpha value is -2.76. The van der Waals surface area contributed by atoms with Gasteiger partial charge in [-0.05, 0) is 29.8 Å². The van der Waals surface area contributed by atoms with Crippen LogP contribution >= 0.6 is 0 Å². The van der Waals surface area contributed by atoms with Gasteiger partial charge in [0.05, 0.1) is 0 Å². The number of nitrogens with one attached hydrogen (secondary N) is 1. The van der Waals surface area contributed by atoms with Crippen LogP contribution in [0, 0.1) is 0 Å². The molecule has 0 radical (unpaired) electrons. The summed E-state index contributed by atoms with van der Waals surface area (Å²) in [6, 6.07) is 10.5. The largest absolute Gasteiger partial charge is 0.456 e. The number of rotatable bonds is 5. The molecule has 2 aromatic rings. The van der Waals surface area contributed by atoms with E-state index in [0.717, 1.165) is 17.7 Å². The van der Waals surface area contributed by atoms with Gasteiger partial charge in [-0.25, -0.2) is 0 Å². The fraction of sp³-hybridized carbons (Fsp3) is 0.200. The van der Waals surface area contributed by atoms with Gasteiger partial charge >= 0.3 is 0 Å². The average molecular weight is 287 g/mol. The predicted molar refractivity (Wildman–Crippen MR) is 79.6 cm³/mol. The first-order valence-electron chi connectivity index (χ1n) is 6.57. The molecule has 0 atom stereocenters. The van der Waals surface area contributed by atoms with Crippen LogP contribution in [0.4, 0.5) is 5.69 Å². The average Bonchev–Trinajstić information content (AvgIpc) is 2.98. The zero-order chi connectivity index (χ0) is 15.2. The lowest BCUT2D eigenvalue weighted by molar-refractivity contribution is 0.0995. The van der Waals surface area contributed by atoms with Gasteiger partial charge in [0.2, 0.25) is 0 Å². The molecule has 0 aliphatic heterocycles. The highest BCUT2D eigenvalue weighted by Gasteiger charge is 2.10. The fourth-order valence-electron chi connectivity index (χ4n) is 1.83. The summed E-state index contributed by atoms with van der Waals surface area (Å²) in [5, 5.41) is 14.2. The standard InChI is InChI=1S/C15H17N3O3/c1-2-12-7-8-13(21-12)15(19)17-11-5-3-10(4-6-11)9-14(16)18-20/h3-8,20H,2,9H2,1H3,(H2,16,18)(H,17,19). The number of hydrogen-bond donors (Lipinski definition) is 3. The molecule has 6 nitrogen and oxygen atoms in total. The van der Waals surface area contributed by atoms with E-state index in [4.69, 9.17) is 15.4 Å². The van der Waals surface area contributed by atoms with Crippen molar-refractivity contribution >= 4 is 17.4 Å². The first-order chi connectivity index (χ1) is 10.1. The molecule has 1 amide bonds. The van der Waals surface area contributed by atoms with Crippen molar-refractivity contribution in [3.8, 4) is 0 Å². The number of anilines is 1. The quantitative estimate of drug-likeness (QED) is 0.340. The topological polar surface area (TPSA) is 101 Å². The Balaban J connectivity index is 2.01. The second-order valence-electron chi connectivity index (χ2n) is 4.54. The highest BCUT2D eigenvalue weighted by molar-refractivity contribution is 6.02. The summed E-state index contributed by atoms with van der Waals surface area (Å²) in [7, 11) is 0. The molecule has 0 unspecified atom stereocenters. The zero-order valence-corrected chi connectivity index (χ0v) is 11.7. The molecule has 4 N–H and O–H groups in total. The summed E-state index contributed by atoms with van der Waals surface area (Å²) < 4.78 is 5.39. The molecule has 0 saturated heterocycles. The van der Waals surface area contributed by atoms with Crippen LogP contribution in [0.3, 0.4) is 0 Å². The van der Waals surface area contributed by atoms with Gasteiger partial charge < -0.3 is 20.7 Å². The summed E-state index contributed by atoms with van der Waals surface area (Å²) >= 11 is 0. The van der Waals surface area contributed by atoms with Gasteiger partial charge in [-0.2, -0.15) is 0 Å². The number of hydrogen-bond acceptors (Lipinski definition) is 4. The molecule has 0 fully saturated rings. The van der Waals surface area contributed by atoms with Crippen molar-refractivity contribution in [1.82, 2.24) is 0 Å². The third kappa shape index (κ3) is 3.85. The van der Waals surface area contributed by atoms with Crippen LogP contribution in [-0.4, -0.2) is 17.0 Å². The minimum Gasteiger partial charge on any atom is -0.456 e. The fourth-order valence-corrected chi connectivity index (χ4v) is 1.83. The molecule has 0 aliphatic rings. The zero-order valence-electron chi connectivity index (χ0n) is 11.7. The molecular weight excluding hydrogens is 270 g/mol. The van der Waals surface area contributed by atoms with Crippen molar-refractivity contribution in [3.05, 3.63) is 53.5 Å². The number of oxime groups is 1. The van der Waals surface area contributed by atoms with Crippen molar-refractivity contribution in [2.45, 2.75) is 19.8 Å². The van der Waals surface area contributed by atoms with Crippen LogP contribution in [0.2, 0.25) is 0 Å². The molecule has 1 aromatic heterocycles. The third-order valence-electron chi connectivity index (χ3n) is 2.96. The van der Waals surface area contributed by atoms with E-state index in [9.17, 15) is 4.79 Å². The number of amides is 1. The number of aryl methyl sites for hydroxylation is 1. The lowest BCUT2D eigenvalue weighted by Crippen LogP contribution is -2.15. The van der Waals surface area contributed by atoms with Crippen LogP contribution < -0.4 is 11.1 Å². The highest BCUT2D eigenvalue weighted by Crippen LogP contribution is 2.14. The first kappa shape index (κ1) is 14.6. The van der Waals surface area contributed by atoms with E-state index in [-0.39, 0.29) is 17.5 Å². The van der Waals surface area contributed by atoms with Crippen LogP contribution in [-0.2, 0) is 12.8 Å². The normalized spacial score (nSPS) is 11.4. The Bertz CT molecular complexity index is 644. The van der Waals surface area contributed by atoms with Gasteiger partial charge in [-0.15, -0.1) is 0 Å². The lowest BCUT2D eigenvalue weighted by atomic mass is 10.1. The van der Waals surface area contributed by atoms with E-state index >= 15 is 0 Å². The number of nitrogens with zero attached hydrogens (tertiary/aromatic N) is 1. The summed E-state index contributed by atoms with van der Waals surface area (Å²) in [6.45, 7) is 1.96. The maximum Gasteiger partial charge on any atom is 0.291 e. The molecular formula is C15H17N3O3. The van der Waals surface area contributed by atoms with Gasteiger partial charge in [-0.1, -0.05) is 24.2 Å². The second kappa shape index (κ2) is 6.60. The van der Waals surface area contributed by atoms with E-state index in [0.29, 0.717) is 12.1 Å². The van der Waals surface area contributed by atoms with Crippen molar-refractivity contribution in [2.24, 2.45) is 10.9 Å². The van der Waals surface area contributed by atoms with Crippen LogP contribution in [0.15, 0.2) is 46.0 Å². The molecule has 110 valence electrons. The summed E-state index contributed by atoms with van der Waals surface area (Å²) in [4.78, 5) is 12.0. The molecule has 2 rings (SSSR count). The van der Waals surface area contributed by atoms with E-state index in [1.165, 1.54) is 0 Å². The van der Waals surface area contributed by atoms with Crippen LogP contribution in [0.25, 0.3) is 0 Å². The van der Waals surface area contributed by atoms with Gasteiger partial charge in [0.25, 0.3) is 5.91 Å².